The van der Waals surface area contributed by atoms with Crippen molar-refractivity contribution in [2.45, 2.75) is 38.5 Å². The summed E-state index contributed by atoms with van der Waals surface area (Å²) in [7, 11) is 0. The minimum Gasteiger partial charge on any atom is -0.326 e. The van der Waals surface area contributed by atoms with Gasteiger partial charge in [-0.15, -0.1) is 23.2 Å². The molecule has 0 atom stereocenters. The van der Waals surface area contributed by atoms with Crippen molar-refractivity contribution in [2.24, 2.45) is 0 Å². The lowest BCUT2D eigenvalue weighted by Gasteiger charge is -2.02. The van der Waals surface area contributed by atoms with Crippen LogP contribution in [-0.2, 0) is 40.1 Å². The fourth-order valence-electron chi connectivity index (χ4n) is 4.51. The number of fused-ring (bicyclic) bond motifs is 3. The van der Waals surface area contributed by atoms with Gasteiger partial charge < -0.3 is 16.0 Å². The lowest BCUT2D eigenvalue weighted by atomic mass is 10.0. The predicted octanol–water partition coefficient (Wildman–Crippen LogP) is 5.53. The molecule has 0 saturated heterocycles. The van der Waals surface area contributed by atoms with Gasteiger partial charge >= 0.3 is 0 Å². The second-order valence-corrected chi connectivity index (χ2v) is 10.1. The molecular formula is C30H29Cl2N3O4. The summed E-state index contributed by atoms with van der Waals surface area (Å²) in [6, 6.07) is 19.1. The van der Waals surface area contributed by atoms with Gasteiger partial charge in [-0.1, -0.05) is 30.3 Å². The van der Waals surface area contributed by atoms with Crippen LogP contribution >= 0.6 is 23.2 Å². The highest BCUT2D eigenvalue weighted by atomic mass is 35.5. The van der Waals surface area contributed by atoms with Gasteiger partial charge in [0.2, 0.25) is 17.7 Å². The smallest absolute Gasteiger partial charge is 0.228 e. The largest absolute Gasteiger partial charge is 0.326 e. The summed E-state index contributed by atoms with van der Waals surface area (Å²) in [5.74, 6) is 1.20. The number of Topliss-reactive ketones (excluding diaryl/α,β-unsaturated/α-hetero) is 1. The molecule has 0 aliphatic carbocycles. The van der Waals surface area contributed by atoms with Crippen molar-refractivity contribution < 1.29 is 19.2 Å². The van der Waals surface area contributed by atoms with Crippen LogP contribution in [0.4, 0.5) is 17.1 Å². The molecule has 3 aliphatic heterocycles. The number of rotatable bonds is 6. The first kappa shape index (κ1) is 28.3. The second kappa shape index (κ2) is 13.4. The number of benzene rings is 3. The topological polar surface area (TPSA) is 104 Å². The van der Waals surface area contributed by atoms with Crippen molar-refractivity contribution in [1.82, 2.24) is 0 Å². The van der Waals surface area contributed by atoms with E-state index >= 15 is 0 Å². The van der Waals surface area contributed by atoms with E-state index in [0.29, 0.717) is 43.0 Å². The average Bonchev–Trinajstić information content (AvgIpc) is 3.60. The monoisotopic (exact) mass is 565 g/mol. The molecule has 3 aromatic rings. The lowest BCUT2D eigenvalue weighted by molar-refractivity contribution is -0.115. The van der Waals surface area contributed by atoms with Crippen LogP contribution in [0.15, 0.2) is 60.7 Å². The Labute approximate surface area is 237 Å². The normalized spacial score (nSPS) is 13.9. The molecule has 0 unspecified atom stereocenters. The summed E-state index contributed by atoms with van der Waals surface area (Å²) in [5.41, 5.74) is 7.74. The molecule has 7 nitrogen and oxygen atoms in total. The molecule has 3 amide bonds. The number of nitrogens with one attached hydrogen (secondary N) is 3. The zero-order valence-corrected chi connectivity index (χ0v) is 22.8. The Morgan fingerprint density at radius 2 is 1.23 bits per heavy atom. The van der Waals surface area contributed by atoms with Gasteiger partial charge in [0.05, 0.1) is 19.3 Å². The van der Waals surface area contributed by atoms with Crippen LogP contribution in [0.2, 0.25) is 0 Å². The van der Waals surface area contributed by atoms with Crippen LogP contribution in [0.25, 0.3) is 0 Å². The van der Waals surface area contributed by atoms with Crippen molar-refractivity contribution in [1.29, 1.82) is 0 Å². The summed E-state index contributed by atoms with van der Waals surface area (Å²) in [5, 5.41) is 8.29. The molecule has 0 fully saturated rings. The molecule has 3 N–H and O–H groups in total. The molecule has 202 valence electrons. The Morgan fingerprint density at radius 3 is 1.85 bits per heavy atom. The number of alkyl halides is 2. The van der Waals surface area contributed by atoms with E-state index in [4.69, 9.17) is 23.2 Å². The first-order chi connectivity index (χ1) is 18.9. The molecule has 0 spiro atoms. The first-order valence-electron chi connectivity index (χ1n) is 12.7. The van der Waals surface area contributed by atoms with Crippen LogP contribution in [0.3, 0.4) is 0 Å². The minimum absolute atomic E-state index is 0.0205. The lowest BCUT2D eigenvalue weighted by Crippen LogP contribution is -2.03. The fourth-order valence-corrected chi connectivity index (χ4v) is 4.81. The number of carbonyl (C=O) groups excluding carboxylic acids is 4. The molecule has 3 aromatic carbocycles. The van der Waals surface area contributed by atoms with Crippen LogP contribution in [0.5, 0.6) is 0 Å². The number of ketones is 1. The number of halogens is 2. The Kier molecular flexibility index (Phi) is 9.74. The number of anilines is 3. The molecule has 0 bridgehead atoms. The number of carbonyl (C=O) groups is 4. The van der Waals surface area contributed by atoms with Crippen molar-refractivity contribution in [3.8, 4) is 0 Å². The summed E-state index contributed by atoms with van der Waals surface area (Å²) < 4.78 is 0. The van der Waals surface area contributed by atoms with Crippen LogP contribution in [0.1, 0.15) is 45.5 Å². The van der Waals surface area contributed by atoms with Gasteiger partial charge in [-0.25, -0.2) is 0 Å². The first-order valence-corrected chi connectivity index (χ1v) is 13.8. The average molecular weight is 566 g/mol. The van der Waals surface area contributed by atoms with E-state index in [1.165, 1.54) is 5.56 Å². The zero-order chi connectivity index (χ0) is 27.8. The van der Waals surface area contributed by atoms with Gasteiger partial charge in [0.1, 0.15) is 0 Å². The Hall–Kier alpha value is -3.68. The summed E-state index contributed by atoms with van der Waals surface area (Å²) in [6.45, 7) is 0. The number of hydrogen-bond donors (Lipinski definition) is 3. The molecule has 3 heterocycles. The van der Waals surface area contributed by atoms with Crippen LogP contribution in [0, 0.1) is 0 Å². The van der Waals surface area contributed by atoms with Crippen LogP contribution in [-0.4, -0.2) is 35.3 Å². The van der Waals surface area contributed by atoms with Crippen molar-refractivity contribution in [3.63, 3.8) is 0 Å². The van der Waals surface area contributed by atoms with E-state index in [0.717, 1.165) is 46.6 Å². The van der Waals surface area contributed by atoms with Gasteiger partial charge in [-0.05, 0) is 65.4 Å². The zero-order valence-electron chi connectivity index (χ0n) is 21.3. The molecule has 9 heteroatoms. The Bertz CT molecular complexity index is 1380. The van der Waals surface area contributed by atoms with Gasteiger partial charge in [-0.2, -0.15) is 0 Å². The third kappa shape index (κ3) is 7.68. The molecule has 39 heavy (non-hydrogen) atoms. The minimum atomic E-state index is -0.0213. The van der Waals surface area contributed by atoms with E-state index in [1.54, 1.807) is 18.2 Å². The standard InChI is InChI=1S/C11H10ClNO2.C11H12ClNO.C8H7NO/c12-4-3-10(14)7-1-2-9-8(5-7)6-11(15)13-9;12-5-1-2-8-3-4-10-9(6-8)7-11(14)13-10;10-8-5-6-3-1-2-4-7(6)9-8/h1-2,5H,3-4,6H2,(H,13,15);3-4,6H,1-2,5,7H2,(H,13,14);1-4H,5H2,(H,9,10). The van der Waals surface area contributed by atoms with Crippen molar-refractivity contribution >= 4 is 63.8 Å². The molecule has 6 rings (SSSR count). The van der Waals surface area contributed by atoms with Gasteiger partial charge in [0.25, 0.3) is 0 Å². The number of hydrogen-bond acceptors (Lipinski definition) is 4. The maximum absolute atomic E-state index is 11.5. The fraction of sp³-hybridized carbons (Fsp3) is 0.267. The van der Waals surface area contributed by atoms with E-state index in [1.807, 2.05) is 30.3 Å². The summed E-state index contributed by atoms with van der Waals surface area (Å²) in [6.07, 6.45) is 3.73. The van der Waals surface area contributed by atoms with Gasteiger partial charge in [0, 0.05) is 40.8 Å². The number of amides is 3. The maximum Gasteiger partial charge on any atom is 0.228 e. The highest BCUT2D eigenvalue weighted by molar-refractivity contribution is 6.19. The number of para-hydroxylation sites is 1. The van der Waals surface area contributed by atoms with Crippen molar-refractivity contribution in [3.05, 3.63) is 88.5 Å². The molecule has 3 aliphatic rings. The molecule has 0 saturated carbocycles. The van der Waals surface area contributed by atoms with E-state index < -0.39 is 0 Å². The third-order valence-corrected chi connectivity index (χ3v) is 6.87. The molecular weight excluding hydrogens is 537 g/mol. The Morgan fingerprint density at radius 1 is 0.667 bits per heavy atom. The molecule has 0 radical (unpaired) electrons. The van der Waals surface area contributed by atoms with Gasteiger partial charge in [-0.3, -0.25) is 19.2 Å². The Balaban J connectivity index is 0.000000138. The quantitative estimate of drug-likeness (QED) is 0.270. The summed E-state index contributed by atoms with van der Waals surface area (Å²) >= 11 is 11.1. The highest BCUT2D eigenvalue weighted by Crippen LogP contribution is 2.25. The molecule has 0 aromatic heterocycles. The third-order valence-electron chi connectivity index (χ3n) is 6.41. The summed E-state index contributed by atoms with van der Waals surface area (Å²) in [4.78, 5) is 44.5. The predicted molar refractivity (Wildman–Crippen MR) is 155 cm³/mol. The highest BCUT2D eigenvalue weighted by Gasteiger charge is 2.19. The SMILES string of the molecule is O=C1Cc2cc(C(=O)CCCl)ccc2N1.O=C1Cc2cc(CCCCl)ccc2N1.O=C1Cc2ccccc2N1. The second-order valence-electron chi connectivity index (χ2n) is 9.35. The van der Waals surface area contributed by atoms with E-state index in [9.17, 15) is 19.2 Å². The van der Waals surface area contributed by atoms with Crippen molar-refractivity contribution in [2.75, 3.05) is 27.7 Å². The van der Waals surface area contributed by atoms with Gasteiger partial charge in [0.15, 0.2) is 5.78 Å². The van der Waals surface area contributed by atoms with E-state index in [-0.39, 0.29) is 23.5 Å². The van der Waals surface area contributed by atoms with E-state index in [2.05, 4.69) is 28.1 Å². The number of aryl methyl sites for hydroxylation is 1. The van der Waals surface area contributed by atoms with Crippen LogP contribution < -0.4 is 16.0 Å². The maximum atomic E-state index is 11.5.